The molecule has 2 aliphatic rings. The molecule has 4 atom stereocenters. The summed E-state index contributed by atoms with van der Waals surface area (Å²) in [5.74, 6) is 0.183. The molecule has 4 heteroatoms. The zero-order valence-electron chi connectivity index (χ0n) is 9.77. The van der Waals surface area contributed by atoms with Gasteiger partial charge < -0.3 is 9.47 Å². The van der Waals surface area contributed by atoms with Crippen molar-refractivity contribution in [2.24, 2.45) is 23.7 Å². The van der Waals surface area contributed by atoms with E-state index in [9.17, 15) is 9.59 Å². The van der Waals surface area contributed by atoms with E-state index in [0.717, 1.165) is 12.8 Å². The topological polar surface area (TPSA) is 52.6 Å². The zero-order chi connectivity index (χ0) is 11.7. The molecule has 0 saturated heterocycles. The Bertz CT molecular complexity index is 299. The van der Waals surface area contributed by atoms with Crippen molar-refractivity contribution in [2.45, 2.75) is 26.7 Å². The number of esters is 2. The van der Waals surface area contributed by atoms with Gasteiger partial charge in [0.1, 0.15) is 0 Å². The van der Waals surface area contributed by atoms with Gasteiger partial charge in [-0.2, -0.15) is 0 Å². The van der Waals surface area contributed by atoms with Crippen molar-refractivity contribution < 1.29 is 19.1 Å². The standard InChI is InChI=1S/C12H18O4/c1-3-15-11(13)8-6-5-7-9(8)10(7)12(14)16-4-2/h7-10H,3-6H2,1-2H3. The van der Waals surface area contributed by atoms with Gasteiger partial charge in [0, 0.05) is 0 Å². The molecule has 16 heavy (non-hydrogen) atoms. The van der Waals surface area contributed by atoms with Crippen LogP contribution in [0.2, 0.25) is 0 Å². The number of carbonyl (C=O) groups excluding carboxylic acids is 2. The van der Waals surface area contributed by atoms with E-state index in [2.05, 4.69) is 0 Å². The molecule has 0 aliphatic heterocycles. The summed E-state index contributed by atoms with van der Waals surface area (Å²) in [7, 11) is 0. The first kappa shape index (κ1) is 11.4. The van der Waals surface area contributed by atoms with Crippen LogP contribution in [0.5, 0.6) is 0 Å². The van der Waals surface area contributed by atoms with Crippen molar-refractivity contribution in [2.75, 3.05) is 13.2 Å². The molecule has 90 valence electrons. The number of rotatable bonds is 4. The van der Waals surface area contributed by atoms with Crippen LogP contribution in [0.15, 0.2) is 0 Å². The summed E-state index contributed by atoms with van der Waals surface area (Å²) in [6, 6.07) is 0. The lowest BCUT2D eigenvalue weighted by Gasteiger charge is -2.12. The van der Waals surface area contributed by atoms with Crippen LogP contribution in [-0.2, 0) is 19.1 Å². The van der Waals surface area contributed by atoms with Crippen LogP contribution in [0.4, 0.5) is 0 Å². The Morgan fingerprint density at radius 1 is 1.06 bits per heavy atom. The van der Waals surface area contributed by atoms with Crippen LogP contribution in [0.3, 0.4) is 0 Å². The van der Waals surface area contributed by atoms with E-state index in [1.54, 1.807) is 13.8 Å². The summed E-state index contributed by atoms with van der Waals surface area (Å²) in [5, 5.41) is 0. The number of ether oxygens (including phenoxy) is 2. The Hall–Kier alpha value is -1.06. The van der Waals surface area contributed by atoms with Gasteiger partial charge >= 0.3 is 11.9 Å². The molecule has 0 spiro atoms. The maximum Gasteiger partial charge on any atom is 0.309 e. The minimum absolute atomic E-state index is 0.0388. The van der Waals surface area contributed by atoms with Gasteiger partial charge in [-0.25, -0.2) is 0 Å². The van der Waals surface area contributed by atoms with Gasteiger partial charge in [0.25, 0.3) is 0 Å². The van der Waals surface area contributed by atoms with E-state index in [0.29, 0.717) is 19.1 Å². The Balaban J connectivity index is 1.92. The molecular weight excluding hydrogens is 208 g/mol. The smallest absolute Gasteiger partial charge is 0.309 e. The Morgan fingerprint density at radius 3 is 2.31 bits per heavy atom. The second kappa shape index (κ2) is 4.44. The molecule has 0 aromatic heterocycles. The average Bonchev–Trinajstić information content (AvgIpc) is 2.80. The Labute approximate surface area is 95.3 Å². The van der Waals surface area contributed by atoms with E-state index in [1.165, 1.54) is 0 Å². The molecule has 0 radical (unpaired) electrons. The third kappa shape index (κ3) is 1.81. The number of carbonyl (C=O) groups is 2. The summed E-state index contributed by atoms with van der Waals surface area (Å²) in [4.78, 5) is 23.2. The highest BCUT2D eigenvalue weighted by Gasteiger charge is 2.64. The van der Waals surface area contributed by atoms with E-state index in [4.69, 9.17) is 9.47 Å². The zero-order valence-corrected chi connectivity index (χ0v) is 9.77. The van der Waals surface area contributed by atoms with Gasteiger partial charge in [0.05, 0.1) is 25.0 Å². The fourth-order valence-electron chi connectivity index (χ4n) is 2.98. The number of fused-ring (bicyclic) bond motifs is 1. The highest BCUT2D eigenvalue weighted by atomic mass is 16.5. The minimum Gasteiger partial charge on any atom is -0.466 e. The predicted molar refractivity (Wildman–Crippen MR) is 56.5 cm³/mol. The molecule has 2 fully saturated rings. The monoisotopic (exact) mass is 226 g/mol. The maximum atomic E-state index is 11.6. The molecule has 2 saturated carbocycles. The molecule has 0 heterocycles. The van der Waals surface area contributed by atoms with Crippen LogP contribution in [-0.4, -0.2) is 25.2 Å². The summed E-state index contributed by atoms with van der Waals surface area (Å²) in [6.07, 6.45) is 1.82. The lowest BCUT2D eigenvalue weighted by Crippen LogP contribution is -2.21. The van der Waals surface area contributed by atoms with Gasteiger partial charge in [-0.05, 0) is 38.5 Å². The first-order valence-electron chi connectivity index (χ1n) is 6.04. The van der Waals surface area contributed by atoms with Crippen LogP contribution in [0, 0.1) is 23.7 Å². The summed E-state index contributed by atoms with van der Waals surface area (Å²) < 4.78 is 10.0. The Morgan fingerprint density at radius 2 is 1.69 bits per heavy atom. The van der Waals surface area contributed by atoms with E-state index in [-0.39, 0.29) is 29.7 Å². The van der Waals surface area contributed by atoms with Gasteiger partial charge in [-0.1, -0.05) is 0 Å². The third-order valence-corrected chi connectivity index (χ3v) is 3.65. The lowest BCUT2D eigenvalue weighted by molar-refractivity contribution is -0.150. The molecule has 0 aromatic carbocycles. The van der Waals surface area contributed by atoms with Crippen LogP contribution in [0.1, 0.15) is 26.7 Å². The molecule has 2 rings (SSSR count). The molecule has 0 N–H and O–H groups in total. The second-order valence-electron chi connectivity index (χ2n) is 4.45. The summed E-state index contributed by atoms with van der Waals surface area (Å²) in [5.41, 5.74) is 0. The van der Waals surface area contributed by atoms with Gasteiger partial charge in [0.2, 0.25) is 0 Å². The first-order valence-corrected chi connectivity index (χ1v) is 6.04. The summed E-state index contributed by atoms with van der Waals surface area (Å²) in [6.45, 7) is 4.44. The molecule has 2 aliphatic carbocycles. The van der Waals surface area contributed by atoms with Crippen molar-refractivity contribution >= 4 is 11.9 Å². The van der Waals surface area contributed by atoms with E-state index < -0.39 is 0 Å². The molecule has 0 amide bonds. The normalized spacial score (nSPS) is 35.4. The molecule has 4 unspecified atom stereocenters. The van der Waals surface area contributed by atoms with Gasteiger partial charge in [-0.3, -0.25) is 9.59 Å². The minimum atomic E-state index is -0.137. The molecule has 0 bridgehead atoms. The van der Waals surface area contributed by atoms with E-state index >= 15 is 0 Å². The van der Waals surface area contributed by atoms with Crippen molar-refractivity contribution in [3.63, 3.8) is 0 Å². The fourth-order valence-corrected chi connectivity index (χ4v) is 2.98. The first-order chi connectivity index (χ1) is 7.70. The van der Waals surface area contributed by atoms with E-state index in [1.807, 2.05) is 0 Å². The van der Waals surface area contributed by atoms with Crippen LogP contribution >= 0.6 is 0 Å². The highest BCUT2D eigenvalue weighted by molar-refractivity contribution is 5.81. The molecule has 0 aromatic rings. The predicted octanol–water partition coefficient (Wildman–Crippen LogP) is 1.38. The van der Waals surface area contributed by atoms with Crippen molar-refractivity contribution in [3.8, 4) is 0 Å². The lowest BCUT2D eigenvalue weighted by atomic mass is 10.0. The van der Waals surface area contributed by atoms with Crippen molar-refractivity contribution in [1.29, 1.82) is 0 Å². The van der Waals surface area contributed by atoms with Crippen LogP contribution < -0.4 is 0 Å². The second-order valence-corrected chi connectivity index (χ2v) is 4.45. The average molecular weight is 226 g/mol. The maximum absolute atomic E-state index is 11.6. The van der Waals surface area contributed by atoms with Crippen LogP contribution in [0.25, 0.3) is 0 Å². The molecular formula is C12H18O4. The number of hydrogen-bond donors (Lipinski definition) is 0. The summed E-state index contributed by atoms with van der Waals surface area (Å²) >= 11 is 0. The SMILES string of the molecule is CCOC(=O)C1CCC2C(C(=O)OCC)C12. The molecule has 4 nitrogen and oxygen atoms in total. The van der Waals surface area contributed by atoms with Crippen molar-refractivity contribution in [3.05, 3.63) is 0 Å². The van der Waals surface area contributed by atoms with Gasteiger partial charge in [-0.15, -0.1) is 0 Å². The van der Waals surface area contributed by atoms with Gasteiger partial charge in [0.15, 0.2) is 0 Å². The Kier molecular flexibility index (Phi) is 3.17. The third-order valence-electron chi connectivity index (χ3n) is 3.65. The van der Waals surface area contributed by atoms with Crippen molar-refractivity contribution in [1.82, 2.24) is 0 Å². The number of hydrogen-bond acceptors (Lipinski definition) is 4. The highest BCUT2D eigenvalue weighted by Crippen LogP contribution is 2.61. The largest absolute Gasteiger partial charge is 0.466 e. The quantitative estimate of drug-likeness (QED) is 0.680. The fraction of sp³-hybridized carbons (Fsp3) is 0.833.